The molecule has 1 N–H and O–H groups in total. The van der Waals surface area contributed by atoms with Gasteiger partial charge < -0.3 is 29.2 Å². The van der Waals surface area contributed by atoms with Crippen LogP contribution in [0.5, 0.6) is 0 Å². The van der Waals surface area contributed by atoms with Gasteiger partial charge in [-0.15, -0.1) is 0 Å². The molecule has 1 aromatic carbocycles. The summed E-state index contributed by atoms with van der Waals surface area (Å²) in [5, 5.41) is 2.72. The predicted molar refractivity (Wildman–Crippen MR) is 107 cm³/mol. The van der Waals surface area contributed by atoms with Crippen molar-refractivity contribution in [2.45, 2.75) is 26.5 Å². The molecular weight excluding hydrogens is 376 g/mol. The Kier molecular flexibility index (Phi) is 10.5. The quantitative estimate of drug-likeness (QED) is 0.800. The van der Waals surface area contributed by atoms with E-state index in [-0.39, 0.29) is 18.4 Å². The molecule has 1 aliphatic heterocycles. The lowest BCUT2D eigenvalue weighted by Crippen LogP contribution is -2.52. The number of ether oxygens (including phenoxy) is 4. The Labute approximate surface area is 172 Å². The minimum Gasteiger partial charge on any atom is -0.445 e. The summed E-state index contributed by atoms with van der Waals surface area (Å²) < 4.78 is 21.7. The van der Waals surface area contributed by atoms with Crippen molar-refractivity contribution in [3.63, 3.8) is 0 Å². The Balaban J connectivity index is 1.91. The second-order valence-corrected chi connectivity index (χ2v) is 7.09. The van der Waals surface area contributed by atoms with E-state index in [2.05, 4.69) is 5.32 Å². The molecule has 8 nitrogen and oxygen atoms in total. The van der Waals surface area contributed by atoms with E-state index in [0.29, 0.717) is 52.7 Å². The lowest BCUT2D eigenvalue weighted by atomic mass is 10.0. The zero-order valence-electron chi connectivity index (χ0n) is 17.3. The van der Waals surface area contributed by atoms with Crippen LogP contribution in [0.25, 0.3) is 0 Å². The van der Waals surface area contributed by atoms with Gasteiger partial charge in [0.2, 0.25) is 5.91 Å². The van der Waals surface area contributed by atoms with Gasteiger partial charge in [-0.2, -0.15) is 0 Å². The van der Waals surface area contributed by atoms with Crippen molar-refractivity contribution in [1.29, 1.82) is 0 Å². The summed E-state index contributed by atoms with van der Waals surface area (Å²) in [6.45, 7) is 7.52. The van der Waals surface area contributed by atoms with Gasteiger partial charge in [0.1, 0.15) is 12.6 Å². The molecule has 8 heteroatoms. The maximum atomic E-state index is 13.1. The lowest BCUT2D eigenvalue weighted by molar-refractivity contribution is -0.136. The zero-order valence-corrected chi connectivity index (χ0v) is 17.3. The highest BCUT2D eigenvalue weighted by Gasteiger charge is 2.29. The highest BCUT2D eigenvalue weighted by atomic mass is 16.6. The van der Waals surface area contributed by atoms with Gasteiger partial charge in [0.05, 0.1) is 39.6 Å². The molecule has 1 fully saturated rings. The van der Waals surface area contributed by atoms with Crippen LogP contribution >= 0.6 is 0 Å². The summed E-state index contributed by atoms with van der Waals surface area (Å²) in [4.78, 5) is 27.0. The van der Waals surface area contributed by atoms with Gasteiger partial charge in [0.15, 0.2) is 0 Å². The summed E-state index contributed by atoms with van der Waals surface area (Å²) in [6.07, 6.45) is -0.611. The third kappa shape index (κ3) is 8.81. The van der Waals surface area contributed by atoms with Gasteiger partial charge in [-0.25, -0.2) is 4.79 Å². The van der Waals surface area contributed by atoms with Crippen LogP contribution in [-0.2, 0) is 30.3 Å². The molecule has 0 unspecified atom stereocenters. The number of carbonyl (C=O) groups excluding carboxylic acids is 2. The summed E-state index contributed by atoms with van der Waals surface area (Å²) in [5.41, 5.74) is 0.886. The third-order valence-corrected chi connectivity index (χ3v) is 4.49. The van der Waals surface area contributed by atoms with E-state index in [1.165, 1.54) is 0 Å². The number of benzene rings is 1. The first kappa shape index (κ1) is 23.1. The SMILES string of the molecule is CC(C)[C@@H](NC(=O)OCc1ccccc1)C(=O)N1CCOCCOCCOCC1. The molecule has 0 spiro atoms. The molecule has 1 aliphatic rings. The Hall–Kier alpha value is -2.16. The first-order valence-corrected chi connectivity index (χ1v) is 10.1. The first-order chi connectivity index (χ1) is 14.1. The fraction of sp³-hybridized carbons (Fsp3) is 0.619. The molecule has 2 amide bonds. The Morgan fingerprint density at radius 3 is 2.07 bits per heavy atom. The highest BCUT2D eigenvalue weighted by Crippen LogP contribution is 2.08. The van der Waals surface area contributed by atoms with E-state index in [9.17, 15) is 9.59 Å². The number of hydrogen-bond donors (Lipinski definition) is 1. The van der Waals surface area contributed by atoms with Gasteiger partial charge in [0.25, 0.3) is 0 Å². The van der Waals surface area contributed by atoms with Crippen molar-refractivity contribution >= 4 is 12.0 Å². The smallest absolute Gasteiger partial charge is 0.408 e. The highest BCUT2D eigenvalue weighted by molar-refractivity contribution is 5.86. The fourth-order valence-corrected chi connectivity index (χ4v) is 2.83. The Morgan fingerprint density at radius 1 is 0.966 bits per heavy atom. The number of nitrogens with one attached hydrogen (secondary N) is 1. The molecule has 2 rings (SSSR count). The molecule has 162 valence electrons. The van der Waals surface area contributed by atoms with Gasteiger partial charge in [-0.3, -0.25) is 4.79 Å². The van der Waals surface area contributed by atoms with E-state index in [4.69, 9.17) is 18.9 Å². The second kappa shape index (κ2) is 13.1. The van der Waals surface area contributed by atoms with E-state index < -0.39 is 12.1 Å². The first-order valence-electron chi connectivity index (χ1n) is 10.1. The van der Waals surface area contributed by atoms with Crippen molar-refractivity contribution in [2.24, 2.45) is 5.92 Å². The van der Waals surface area contributed by atoms with E-state index in [1.807, 2.05) is 44.2 Å². The predicted octanol–water partition coefficient (Wildman–Crippen LogP) is 1.83. The molecule has 0 aliphatic carbocycles. The Morgan fingerprint density at radius 2 is 1.52 bits per heavy atom. The van der Waals surface area contributed by atoms with Gasteiger partial charge in [0, 0.05) is 13.1 Å². The number of hydrogen-bond acceptors (Lipinski definition) is 6. The van der Waals surface area contributed by atoms with Crippen molar-refractivity contribution in [2.75, 3.05) is 52.7 Å². The van der Waals surface area contributed by atoms with Crippen LogP contribution in [0.4, 0.5) is 4.79 Å². The maximum Gasteiger partial charge on any atom is 0.408 e. The number of rotatable bonds is 5. The molecule has 0 bridgehead atoms. The minimum atomic E-state index is -0.686. The summed E-state index contributed by atoms with van der Waals surface area (Å²) in [7, 11) is 0. The van der Waals surface area contributed by atoms with Crippen molar-refractivity contribution in [3.05, 3.63) is 35.9 Å². The minimum absolute atomic E-state index is 0.0941. The second-order valence-electron chi connectivity index (χ2n) is 7.09. The molecule has 1 heterocycles. The molecule has 0 saturated carbocycles. The van der Waals surface area contributed by atoms with Gasteiger partial charge in [-0.1, -0.05) is 44.2 Å². The zero-order chi connectivity index (χ0) is 20.9. The molecular formula is C21H32N2O6. The lowest BCUT2D eigenvalue weighted by Gasteiger charge is -2.29. The van der Waals surface area contributed by atoms with E-state index >= 15 is 0 Å². The maximum absolute atomic E-state index is 13.1. The van der Waals surface area contributed by atoms with E-state index in [0.717, 1.165) is 5.56 Å². The normalized spacial score (nSPS) is 17.7. The van der Waals surface area contributed by atoms with E-state index in [1.54, 1.807) is 4.90 Å². The van der Waals surface area contributed by atoms with Crippen LogP contribution in [0.3, 0.4) is 0 Å². The topological polar surface area (TPSA) is 86.3 Å². The molecule has 29 heavy (non-hydrogen) atoms. The Bertz CT molecular complexity index is 598. The molecule has 0 aromatic heterocycles. The van der Waals surface area contributed by atoms with Crippen LogP contribution in [0.1, 0.15) is 19.4 Å². The average molecular weight is 408 g/mol. The molecule has 1 atom stereocenters. The average Bonchev–Trinajstić information content (AvgIpc) is 2.71. The van der Waals surface area contributed by atoms with Crippen molar-refractivity contribution in [1.82, 2.24) is 10.2 Å². The molecule has 0 radical (unpaired) electrons. The van der Waals surface area contributed by atoms with Crippen molar-refractivity contribution < 1.29 is 28.5 Å². The van der Waals surface area contributed by atoms with Gasteiger partial charge >= 0.3 is 6.09 Å². The number of alkyl carbamates (subject to hydrolysis) is 1. The largest absolute Gasteiger partial charge is 0.445 e. The summed E-state index contributed by atoms with van der Waals surface area (Å²) >= 11 is 0. The van der Waals surface area contributed by atoms with Gasteiger partial charge in [-0.05, 0) is 11.5 Å². The number of amides is 2. The van der Waals surface area contributed by atoms with Crippen LogP contribution in [0, 0.1) is 5.92 Å². The van der Waals surface area contributed by atoms with Crippen LogP contribution in [0.15, 0.2) is 30.3 Å². The van der Waals surface area contributed by atoms with Crippen LogP contribution in [-0.4, -0.2) is 75.7 Å². The molecule has 1 aromatic rings. The fourth-order valence-electron chi connectivity index (χ4n) is 2.83. The third-order valence-electron chi connectivity index (χ3n) is 4.49. The monoisotopic (exact) mass is 408 g/mol. The molecule has 1 saturated heterocycles. The number of carbonyl (C=O) groups is 2. The van der Waals surface area contributed by atoms with Crippen LogP contribution in [0.2, 0.25) is 0 Å². The van der Waals surface area contributed by atoms with Crippen LogP contribution < -0.4 is 5.32 Å². The van der Waals surface area contributed by atoms with Crippen molar-refractivity contribution in [3.8, 4) is 0 Å². The summed E-state index contributed by atoms with van der Waals surface area (Å²) in [6, 6.07) is 8.72. The standard InChI is InChI=1S/C21H32N2O6/c1-17(2)19(22-21(25)29-16-18-6-4-3-5-7-18)20(24)23-8-10-26-12-14-28-15-13-27-11-9-23/h3-7,17,19H,8-16H2,1-2H3,(H,22,25)/t19-/m1/s1. The number of nitrogens with zero attached hydrogens (tertiary/aromatic N) is 1. The summed E-state index contributed by atoms with van der Waals surface area (Å²) in [5.74, 6) is -0.263.